The van der Waals surface area contributed by atoms with Crippen LogP contribution in [-0.4, -0.2) is 28.1 Å². The maximum Gasteiger partial charge on any atom is 0.417 e. The smallest absolute Gasteiger partial charge is 0.331 e. The van der Waals surface area contributed by atoms with Crippen LogP contribution in [0, 0.1) is 5.92 Å². The SMILES string of the molecule is O=S(=O)(NCC1CC[NH+](Cc2ccccc2)CC1)c1ccccc1C(F)(F)F. The number of hydrogen-bond donors (Lipinski definition) is 2. The molecule has 0 atom stereocenters. The molecule has 3 rings (SSSR count). The van der Waals surface area contributed by atoms with Crippen molar-refractivity contribution in [3.05, 3.63) is 65.7 Å². The maximum atomic E-state index is 13.1. The summed E-state index contributed by atoms with van der Waals surface area (Å²) < 4.78 is 66.5. The molecule has 2 aromatic rings. The fourth-order valence-electron chi connectivity index (χ4n) is 3.59. The molecule has 1 heterocycles. The van der Waals surface area contributed by atoms with Crippen LogP contribution in [0.3, 0.4) is 0 Å². The summed E-state index contributed by atoms with van der Waals surface area (Å²) in [5, 5.41) is 0. The number of sulfonamides is 1. The summed E-state index contributed by atoms with van der Waals surface area (Å²) >= 11 is 0. The summed E-state index contributed by atoms with van der Waals surface area (Å²) in [4.78, 5) is 0.724. The Balaban J connectivity index is 1.55. The van der Waals surface area contributed by atoms with Gasteiger partial charge in [0.1, 0.15) is 6.54 Å². The molecular formula is C20H24F3N2O2S+. The number of quaternary nitrogens is 1. The van der Waals surface area contributed by atoms with E-state index in [-0.39, 0.29) is 12.5 Å². The Morgan fingerprint density at radius 2 is 1.57 bits per heavy atom. The molecule has 0 aromatic heterocycles. The second kappa shape index (κ2) is 8.63. The maximum absolute atomic E-state index is 13.1. The van der Waals surface area contributed by atoms with Crippen LogP contribution < -0.4 is 9.62 Å². The van der Waals surface area contributed by atoms with Crippen molar-refractivity contribution in [3.8, 4) is 0 Å². The summed E-state index contributed by atoms with van der Waals surface area (Å²) in [6, 6.07) is 14.5. The average Bonchev–Trinajstić information content (AvgIpc) is 2.68. The first-order valence-electron chi connectivity index (χ1n) is 9.29. The zero-order chi connectivity index (χ0) is 20.2. The Morgan fingerprint density at radius 1 is 0.964 bits per heavy atom. The van der Waals surface area contributed by atoms with Crippen molar-refractivity contribution in [2.75, 3.05) is 19.6 Å². The molecule has 0 radical (unpaired) electrons. The van der Waals surface area contributed by atoms with Gasteiger partial charge in [-0.05, 0) is 18.1 Å². The number of benzene rings is 2. The molecule has 0 amide bonds. The number of halogens is 3. The first kappa shape index (κ1) is 20.8. The van der Waals surface area contributed by atoms with Crippen LogP contribution in [0.2, 0.25) is 0 Å². The van der Waals surface area contributed by atoms with E-state index >= 15 is 0 Å². The molecule has 152 valence electrons. The fraction of sp³-hybridized carbons (Fsp3) is 0.400. The first-order valence-corrected chi connectivity index (χ1v) is 10.8. The van der Waals surface area contributed by atoms with Crippen LogP contribution in [0.25, 0.3) is 0 Å². The van der Waals surface area contributed by atoms with Gasteiger partial charge in [0.2, 0.25) is 10.0 Å². The lowest BCUT2D eigenvalue weighted by atomic mass is 9.97. The molecule has 0 unspecified atom stereocenters. The Bertz CT molecular complexity index is 878. The summed E-state index contributed by atoms with van der Waals surface area (Å²) in [5.74, 6) is 0.132. The van der Waals surface area contributed by atoms with Gasteiger partial charge < -0.3 is 4.90 Å². The van der Waals surface area contributed by atoms with E-state index in [0.29, 0.717) is 0 Å². The number of rotatable bonds is 6. The van der Waals surface area contributed by atoms with Gasteiger partial charge in [-0.25, -0.2) is 13.1 Å². The lowest BCUT2D eigenvalue weighted by Crippen LogP contribution is -3.11. The summed E-state index contributed by atoms with van der Waals surface area (Å²) in [5.41, 5.74) is 0.130. The van der Waals surface area contributed by atoms with Gasteiger partial charge in [0.15, 0.2) is 0 Å². The van der Waals surface area contributed by atoms with Gasteiger partial charge in [-0.1, -0.05) is 42.5 Å². The highest BCUT2D eigenvalue weighted by molar-refractivity contribution is 7.89. The van der Waals surface area contributed by atoms with Crippen LogP contribution in [0.1, 0.15) is 24.0 Å². The Labute approximate surface area is 163 Å². The molecule has 0 spiro atoms. The van der Waals surface area contributed by atoms with Crippen molar-refractivity contribution in [1.29, 1.82) is 0 Å². The predicted octanol–water partition coefficient (Wildman–Crippen LogP) is 2.48. The third-order valence-electron chi connectivity index (χ3n) is 5.15. The van der Waals surface area contributed by atoms with Crippen LogP contribution >= 0.6 is 0 Å². The van der Waals surface area contributed by atoms with Crippen LogP contribution in [0.15, 0.2) is 59.5 Å². The highest BCUT2D eigenvalue weighted by atomic mass is 32.2. The van der Waals surface area contributed by atoms with E-state index in [0.717, 1.165) is 44.6 Å². The van der Waals surface area contributed by atoms with Gasteiger partial charge in [0, 0.05) is 24.9 Å². The highest BCUT2D eigenvalue weighted by Gasteiger charge is 2.37. The fourth-order valence-corrected chi connectivity index (χ4v) is 4.93. The largest absolute Gasteiger partial charge is 0.417 e. The molecule has 2 N–H and O–H groups in total. The van der Waals surface area contributed by atoms with Gasteiger partial charge >= 0.3 is 6.18 Å². The molecule has 0 saturated carbocycles. The van der Waals surface area contributed by atoms with E-state index in [1.807, 2.05) is 18.2 Å². The van der Waals surface area contributed by atoms with Crippen molar-refractivity contribution < 1.29 is 26.5 Å². The topological polar surface area (TPSA) is 50.6 Å². The average molecular weight is 413 g/mol. The molecule has 8 heteroatoms. The predicted molar refractivity (Wildman–Crippen MR) is 100 cm³/mol. The Kier molecular flexibility index (Phi) is 6.42. The summed E-state index contributed by atoms with van der Waals surface area (Å²) in [7, 11) is -4.21. The monoisotopic (exact) mass is 413 g/mol. The van der Waals surface area contributed by atoms with Gasteiger partial charge in [-0.3, -0.25) is 0 Å². The zero-order valence-electron chi connectivity index (χ0n) is 15.4. The Hall–Kier alpha value is -1.90. The van der Waals surface area contributed by atoms with Crippen molar-refractivity contribution in [2.45, 2.75) is 30.5 Å². The van der Waals surface area contributed by atoms with E-state index in [4.69, 9.17) is 0 Å². The lowest BCUT2D eigenvalue weighted by molar-refractivity contribution is -0.919. The van der Waals surface area contributed by atoms with Gasteiger partial charge in [-0.15, -0.1) is 0 Å². The standard InChI is InChI=1S/C20H23F3N2O2S/c21-20(22,23)18-8-4-5-9-19(18)28(26,27)24-14-16-10-12-25(13-11-16)15-17-6-2-1-3-7-17/h1-9,16,24H,10-15H2/p+1. The summed E-state index contributed by atoms with van der Waals surface area (Å²) in [6.45, 7) is 2.92. The number of piperidine rings is 1. The van der Waals surface area contributed by atoms with E-state index in [1.165, 1.54) is 22.6 Å². The van der Waals surface area contributed by atoms with E-state index in [1.54, 1.807) is 0 Å². The molecule has 1 fully saturated rings. The minimum Gasteiger partial charge on any atom is -0.331 e. The zero-order valence-corrected chi connectivity index (χ0v) is 16.2. The highest BCUT2D eigenvalue weighted by Crippen LogP contribution is 2.33. The molecule has 0 aliphatic carbocycles. The molecule has 28 heavy (non-hydrogen) atoms. The van der Waals surface area contributed by atoms with Gasteiger partial charge in [-0.2, -0.15) is 13.2 Å². The van der Waals surface area contributed by atoms with Crippen molar-refractivity contribution in [2.24, 2.45) is 5.92 Å². The third kappa shape index (κ3) is 5.33. The second-order valence-electron chi connectivity index (χ2n) is 7.20. The number of alkyl halides is 3. The number of likely N-dealkylation sites (tertiary alicyclic amines) is 1. The second-order valence-corrected chi connectivity index (χ2v) is 8.94. The van der Waals surface area contributed by atoms with E-state index in [9.17, 15) is 21.6 Å². The van der Waals surface area contributed by atoms with Crippen LogP contribution in [0.5, 0.6) is 0 Å². The minimum absolute atomic E-state index is 0.132. The Morgan fingerprint density at radius 3 is 2.21 bits per heavy atom. The van der Waals surface area contributed by atoms with Crippen molar-refractivity contribution >= 4 is 10.0 Å². The number of hydrogen-bond acceptors (Lipinski definition) is 2. The van der Waals surface area contributed by atoms with Crippen molar-refractivity contribution in [3.63, 3.8) is 0 Å². The molecule has 4 nitrogen and oxygen atoms in total. The van der Waals surface area contributed by atoms with E-state index < -0.39 is 26.7 Å². The quantitative estimate of drug-likeness (QED) is 0.765. The van der Waals surface area contributed by atoms with Gasteiger partial charge in [0.05, 0.1) is 23.5 Å². The van der Waals surface area contributed by atoms with Crippen LogP contribution in [-0.2, 0) is 22.7 Å². The molecule has 1 aliphatic rings. The molecule has 0 bridgehead atoms. The minimum atomic E-state index is -4.71. The first-order chi connectivity index (χ1) is 13.3. The normalized spacial score (nSPS) is 20.8. The molecule has 2 aromatic carbocycles. The number of nitrogens with one attached hydrogen (secondary N) is 2. The van der Waals surface area contributed by atoms with E-state index in [2.05, 4.69) is 16.9 Å². The van der Waals surface area contributed by atoms with Crippen LogP contribution in [0.4, 0.5) is 13.2 Å². The van der Waals surface area contributed by atoms with Gasteiger partial charge in [0.25, 0.3) is 0 Å². The third-order valence-corrected chi connectivity index (χ3v) is 6.63. The summed E-state index contributed by atoms with van der Waals surface area (Å²) in [6.07, 6.45) is -3.03. The molecule has 1 aliphatic heterocycles. The van der Waals surface area contributed by atoms with Crippen molar-refractivity contribution in [1.82, 2.24) is 4.72 Å². The lowest BCUT2D eigenvalue weighted by Gasteiger charge is -2.29. The molecular weight excluding hydrogens is 389 g/mol. The molecule has 1 saturated heterocycles.